The Morgan fingerprint density at radius 1 is 0.646 bits per heavy atom. The Bertz CT molecular complexity index is 2650. The molecule has 0 aliphatic rings. The van der Waals surface area contributed by atoms with Crippen LogP contribution in [0.3, 0.4) is 0 Å². The highest BCUT2D eigenvalue weighted by molar-refractivity contribution is 6.10. The minimum Gasteiger partial charge on any atom is -0.504 e. The first-order valence-corrected chi connectivity index (χ1v) is 19.4. The van der Waals surface area contributed by atoms with E-state index in [2.05, 4.69) is 26.6 Å². The van der Waals surface area contributed by atoms with E-state index < -0.39 is 70.2 Å². The Morgan fingerprint density at radius 2 is 1.15 bits per heavy atom. The summed E-state index contributed by atoms with van der Waals surface area (Å²) in [4.78, 5) is 101. The van der Waals surface area contributed by atoms with Crippen LogP contribution >= 0.6 is 0 Å². The molecule has 336 valence electrons. The van der Waals surface area contributed by atoms with Gasteiger partial charge >= 0.3 is 5.97 Å². The molecule has 0 aromatic heterocycles. The highest BCUT2D eigenvalue weighted by Crippen LogP contribution is 2.39. The highest BCUT2D eigenvalue weighted by Gasteiger charge is 2.34. The molecular weight excluding hydrogens is 849 g/mol. The lowest BCUT2D eigenvalue weighted by molar-refractivity contribution is -0.384. The van der Waals surface area contributed by atoms with Gasteiger partial charge in [-0.05, 0) is 112 Å². The number of methoxy groups -OCH3 is 2. The molecular formula is C45H42N6O14. The largest absolute Gasteiger partial charge is 0.504 e. The maximum absolute atomic E-state index is 13.6. The average Bonchev–Trinajstić information content (AvgIpc) is 3.27. The molecule has 0 heterocycles. The van der Waals surface area contributed by atoms with Crippen molar-refractivity contribution in [3.63, 3.8) is 0 Å². The Morgan fingerprint density at radius 3 is 1.68 bits per heavy atom. The predicted octanol–water partition coefficient (Wildman–Crippen LogP) is 5.89. The van der Waals surface area contributed by atoms with Gasteiger partial charge in [0.2, 0.25) is 5.91 Å². The number of benzene rings is 5. The van der Waals surface area contributed by atoms with Gasteiger partial charge in [-0.2, -0.15) is 0 Å². The molecule has 0 saturated heterocycles. The van der Waals surface area contributed by atoms with Gasteiger partial charge in [0.15, 0.2) is 17.3 Å². The summed E-state index contributed by atoms with van der Waals surface area (Å²) in [7, 11) is 2.48. The van der Waals surface area contributed by atoms with Crippen molar-refractivity contribution in [3.05, 3.63) is 141 Å². The van der Waals surface area contributed by atoms with E-state index in [0.29, 0.717) is 5.69 Å². The maximum Gasteiger partial charge on any atom is 0.335 e. The van der Waals surface area contributed by atoms with Crippen molar-refractivity contribution >= 4 is 69.7 Å². The van der Waals surface area contributed by atoms with Gasteiger partial charge in [-0.3, -0.25) is 38.9 Å². The number of nitro benzene ring substituents is 1. The first kappa shape index (κ1) is 47.4. The van der Waals surface area contributed by atoms with Crippen LogP contribution in [0, 0.1) is 10.1 Å². The number of phenols is 1. The first-order chi connectivity index (χ1) is 30.9. The number of nitro groups is 1. The van der Waals surface area contributed by atoms with E-state index in [9.17, 15) is 53.9 Å². The summed E-state index contributed by atoms with van der Waals surface area (Å²) in [5.41, 5.74) is 0.408. The van der Waals surface area contributed by atoms with Crippen LogP contribution in [0.4, 0.5) is 28.4 Å². The minimum absolute atomic E-state index is 0.00795. The van der Waals surface area contributed by atoms with Crippen molar-refractivity contribution in [1.82, 2.24) is 5.32 Å². The summed E-state index contributed by atoms with van der Waals surface area (Å²) in [5, 5.41) is 44.3. The SMILES string of the molecule is COc1cc(C(=O)O)ccc1NC(=O)c1ccc(NC(=O)c2ccc(NC(=O)C(NC(=O)c3ccc(NC(=O)c4ccc([N+](=O)[O-])cc4)cc3)C(OC)C(C)=O)cc2)c(OC(C)C)c1O. The van der Waals surface area contributed by atoms with Gasteiger partial charge in [0.25, 0.3) is 29.3 Å². The van der Waals surface area contributed by atoms with Gasteiger partial charge in [-0.15, -0.1) is 0 Å². The first-order valence-electron chi connectivity index (χ1n) is 19.4. The Labute approximate surface area is 370 Å². The molecule has 7 N–H and O–H groups in total. The molecule has 5 aromatic rings. The van der Waals surface area contributed by atoms with Crippen molar-refractivity contribution in [2.45, 2.75) is 39.0 Å². The number of Topliss-reactive ketones (excluding diaryl/α,β-unsaturated/α-hetero) is 1. The van der Waals surface area contributed by atoms with E-state index in [1.54, 1.807) is 13.8 Å². The van der Waals surface area contributed by atoms with Gasteiger partial charge in [0, 0.05) is 47.3 Å². The number of anilines is 4. The molecule has 0 aliphatic heterocycles. The van der Waals surface area contributed by atoms with E-state index >= 15 is 0 Å². The number of nitrogens with one attached hydrogen (secondary N) is 5. The van der Waals surface area contributed by atoms with Gasteiger partial charge in [0.05, 0.1) is 40.6 Å². The summed E-state index contributed by atoms with van der Waals surface area (Å²) >= 11 is 0. The molecule has 5 rings (SSSR count). The molecule has 0 saturated carbocycles. The number of non-ortho nitro benzene ring substituents is 1. The number of rotatable bonds is 18. The molecule has 20 nitrogen and oxygen atoms in total. The second kappa shape index (κ2) is 20.9. The molecule has 5 amide bonds. The van der Waals surface area contributed by atoms with Crippen LogP contribution in [0.5, 0.6) is 17.2 Å². The minimum atomic E-state index is -1.54. The van der Waals surface area contributed by atoms with Gasteiger partial charge < -0.3 is 51.0 Å². The van der Waals surface area contributed by atoms with Crippen LogP contribution in [-0.2, 0) is 14.3 Å². The van der Waals surface area contributed by atoms with Crippen LogP contribution in [-0.4, -0.2) is 88.9 Å². The summed E-state index contributed by atoms with van der Waals surface area (Å²) in [5.74, 6) is -6.16. The summed E-state index contributed by atoms with van der Waals surface area (Å²) < 4.78 is 16.3. The molecule has 0 fully saturated rings. The number of aromatic hydroxyl groups is 1. The maximum atomic E-state index is 13.6. The number of ether oxygens (including phenoxy) is 3. The lowest BCUT2D eigenvalue weighted by Gasteiger charge is -2.24. The number of nitrogens with zero attached hydrogens (tertiary/aromatic N) is 1. The quantitative estimate of drug-likeness (QED) is 0.0399. The van der Waals surface area contributed by atoms with Crippen molar-refractivity contribution in [2.75, 3.05) is 35.5 Å². The van der Waals surface area contributed by atoms with Crippen molar-refractivity contribution in [2.24, 2.45) is 0 Å². The summed E-state index contributed by atoms with van der Waals surface area (Å²) in [6.45, 7) is 4.50. The molecule has 65 heavy (non-hydrogen) atoms. The van der Waals surface area contributed by atoms with Gasteiger partial charge in [0.1, 0.15) is 17.9 Å². The molecule has 5 aromatic carbocycles. The van der Waals surface area contributed by atoms with E-state index in [0.717, 1.165) is 0 Å². The summed E-state index contributed by atoms with van der Waals surface area (Å²) in [6.07, 6.45) is -1.93. The van der Waals surface area contributed by atoms with E-state index in [4.69, 9.17) is 14.2 Å². The molecule has 0 radical (unpaired) electrons. The zero-order chi connectivity index (χ0) is 47.5. The van der Waals surface area contributed by atoms with Crippen molar-refractivity contribution < 1.29 is 62.9 Å². The number of carboxylic acid groups (broad SMARTS) is 1. The van der Waals surface area contributed by atoms with E-state index in [1.165, 1.54) is 124 Å². The molecule has 2 atom stereocenters. The third-order valence-corrected chi connectivity index (χ3v) is 9.36. The van der Waals surface area contributed by atoms with E-state index in [-0.39, 0.29) is 62.1 Å². The van der Waals surface area contributed by atoms with Crippen LogP contribution in [0.25, 0.3) is 0 Å². The van der Waals surface area contributed by atoms with Gasteiger partial charge in [-0.25, -0.2) is 4.79 Å². The normalized spacial score (nSPS) is 11.6. The zero-order valence-corrected chi connectivity index (χ0v) is 35.3. The van der Waals surface area contributed by atoms with Crippen LogP contribution in [0.2, 0.25) is 0 Å². The van der Waals surface area contributed by atoms with Crippen LogP contribution in [0.1, 0.15) is 72.6 Å². The number of carboxylic acids is 1. The lowest BCUT2D eigenvalue weighted by Crippen LogP contribution is -2.54. The summed E-state index contributed by atoms with van der Waals surface area (Å²) in [6, 6.07) is 20.9. The molecule has 2 unspecified atom stereocenters. The molecule has 0 bridgehead atoms. The fraction of sp³-hybridized carbons (Fsp3) is 0.178. The standard InChI is InChI=1S/C45H42N6O14/c1-23(2)65-39-34(21-19-32(37(39)53)43(57)48-33-20-12-28(45(59)60)22-35(33)63-4)49-41(55)25-6-15-30(16-7-25)47-44(58)36(38(64-5)24(3)52)50-42(56)26-8-13-29(14-9-26)46-40(54)27-10-17-31(18-11-27)51(61)62/h6-23,36,38,53H,1-5H3,(H,46,54)(H,47,58)(H,48,57)(H,49,55)(H,50,56)(H,59,60). The Kier molecular flexibility index (Phi) is 15.3. The molecule has 0 spiro atoms. The fourth-order valence-corrected chi connectivity index (χ4v) is 6.13. The second-order valence-electron chi connectivity index (χ2n) is 14.3. The highest BCUT2D eigenvalue weighted by atomic mass is 16.6. The fourth-order valence-electron chi connectivity index (χ4n) is 6.13. The van der Waals surface area contributed by atoms with E-state index in [1.807, 2.05) is 0 Å². The number of hydrogen-bond acceptors (Lipinski definition) is 13. The second-order valence-corrected chi connectivity index (χ2v) is 14.3. The molecule has 0 aliphatic carbocycles. The molecule has 20 heteroatoms. The Hall–Kier alpha value is -8.65. The number of carbonyl (C=O) groups is 7. The van der Waals surface area contributed by atoms with Crippen LogP contribution in [0.15, 0.2) is 103 Å². The Balaban J connectivity index is 1.26. The number of hydrogen-bond donors (Lipinski definition) is 7. The zero-order valence-electron chi connectivity index (χ0n) is 35.3. The number of carbonyl (C=O) groups excluding carboxylic acids is 6. The van der Waals surface area contributed by atoms with Crippen LogP contribution < -0.4 is 36.1 Å². The lowest BCUT2D eigenvalue weighted by atomic mass is 10.0. The smallest absolute Gasteiger partial charge is 0.335 e. The topological polar surface area (TPSA) is 291 Å². The third kappa shape index (κ3) is 11.8. The average molecular weight is 891 g/mol. The third-order valence-electron chi connectivity index (χ3n) is 9.36. The number of aromatic carboxylic acids is 1. The number of ketones is 1. The van der Waals surface area contributed by atoms with Crippen molar-refractivity contribution in [1.29, 1.82) is 0 Å². The van der Waals surface area contributed by atoms with Gasteiger partial charge in [-0.1, -0.05) is 0 Å². The monoisotopic (exact) mass is 890 g/mol. The predicted molar refractivity (Wildman–Crippen MR) is 235 cm³/mol. The van der Waals surface area contributed by atoms with Crippen molar-refractivity contribution in [3.8, 4) is 17.2 Å². The number of phenolic OH excluding ortho intramolecular Hbond substituents is 1. The number of amides is 5.